The number of hydrogen-bond donors (Lipinski definition) is 0. The Kier molecular flexibility index (Phi) is 8.77. The van der Waals surface area contributed by atoms with Crippen LogP contribution in [0.2, 0.25) is 0 Å². The van der Waals surface area contributed by atoms with E-state index in [1.54, 1.807) is 0 Å². The minimum Gasteiger partial charge on any atom is -0.278 e. The molecule has 4 aromatic heterocycles. The highest BCUT2D eigenvalue weighted by Crippen LogP contribution is 2.52. The van der Waals surface area contributed by atoms with Crippen molar-refractivity contribution in [2.75, 3.05) is 4.90 Å². The summed E-state index contributed by atoms with van der Waals surface area (Å²) < 4.78 is 2.18. The van der Waals surface area contributed by atoms with Crippen molar-refractivity contribution >= 4 is 55.5 Å². The quantitative estimate of drug-likeness (QED) is 0.156. The van der Waals surface area contributed by atoms with Gasteiger partial charge in [-0.1, -0.05) is 152 Å². The first kappa shape index (κ1) is 37.6. The molecule has 0 bridgehead atoms. The van der Waals surface area contributed by atoms with Gasteiger partial charge in [0.1, 0.15) is 0 Å². The summed E-state index contributed by atoms with van der Waals surface area (Å²) in [5.74, 6) is 3.43. The molecular formula is C57H37N9. The van der Waals surface area contributed by atoms with Gasteiger partial charge in [0, 0.05) is 55.7 Å². The number of allylic oxidation sites excluding steroid dienone is 4. The van der Waals surface area contributed by atoms with Gasteiger partial charge in [-0.3, -0.25) is 14.5 Å². The largest absolute Gasteiger partial charge is 0.278 e. The zero-order valence-electron chi connectivity index (χ0n) is 35.5. The molecule has 0 unspecified atom stereocenters. The van der Waals surface area contributed by atoms with Crippen LogP contribution in [0.15, 0.2) is 200 Å². The molecule has 66 heavy (non-hydrogen) atoms. The van der Waals surface area contributed by atoms with Gasteiger partial charge in [-0.05, 0) is 66.3 Å². The van der Waals surface area contributed by atoms with Crippen LogP contribution in [0.5, 0.6) is 0 Å². The van der Waals surface area contributed by atoms with Crippen LogP contribution in [-0.4, -0.2) is 39.5 Å². The average molecular weight is 848 g/mol. The summed E-state index contributed by atoms with van der Waals surface area (Å²) in [6.07, 6.45) is 10.3. The zero-order valence-corrected chi connectivity index (χ0v) is 35.5. The van der Waals surface area contributed by atoms with Crippen LogP contribution in [0.4, 0.5) is 17.3 Å². The molecule has 13 rings (SSSR count). The Labute approximate surface area is 379 Å². The Hall–Kier alpha value is -8.95. The van der Waals surface area contributed by atoms with E-state index in [1.807, 2.05) is 103 Å². The van der Waals surface area contributed by atoms with E-state index in [0.717, 1.165) is 101 Å². The number of nitrogens with zero attached hydrogens (tertiary/aromatic N) is 9. The van der Waals surface area contributed by atoms with E-state index in [9.17, 15) is 0 Å². The van der Waals surface area contributed by atoms with Crippen molar-refractivity contribution in [1.82, 2.24) is 39.5 Å². The van der Waals surface area contributed by atoms with Crippen molar-refractivity contribution < 1.29 is 0 Å². The number of anilines is 3. The maximum atomic E-state index is 5.34. The monoisotopic (exact) mass is 847 g/mol. The highest BCUT2D eigenvalue weighted by Gasteiger charge is 2.31. The molecule has 0 saturated heterocycles. The summed E-state index contributed by atoms with van der Waals surface area (Å²) in [7, 11) is 0. The standard InChI is InChI=1S/C57H37N9/c1-5-17-37(18-6-1)52-59-53(38-19-7-2-8-20-38)62-56(61-52)65-47-31-30-41(46-28-13-14-32-58-46)33-43(47)45-34-44-42-27-15-25-36-26-16-29-48(51(36)42)66(49(44)35-50(45)65)57-63-54(39-21-9-3-10-22-39)60-55(64-57)40-23-11-4-12-24-40/h1-3,5-11,13-35H,4,12H2. The fourth-order valence-corrected chi connectivity index (χ4v) is 9.43. The predicted molar refractivity (Wildman–Crippen MR) is 265 cm³/mol. The van der Waals surface area contributed by atoms with Crippen LogP contribution in [-0.2, 0) is 0 Å². The van der Waals surface area contributed by atoms with E-state index in [4.69, 9.17) is 34.9 Å². The second kappa shape index (κ2) is 15.4. The maximum absolute atomic E-state index is 5.34. The minimum absolute atomic E-state index is 0.503. The van der Waals surface area contributed by atoms with Crippen LogP contribution >= 0.6 is 0 Å². The van der Waals surface area contributed by atoms with Crippen molar-refractivity contribution in [2.24, 2.45) is 0 Å². The smallest absolute Gasteiger partial charge is 0.238 e. The molecule has 0 fully saturated rings. The van der Waals surface area contributed by atoms with Crippen LogP contribution in [0, 0.1) is 0 Å². The van der Waals surface area contributed by atoms with Gasteiger partial charge in [0.2, 0.25) is 11.9 Å². The maximum Gasteiger partial charge on any atom is 0.238 e. The lowest BCUT2D eigenvalue weighted by Gasteiger charge is -2.32. The third-order valence-corrected chi connectivity index (χ3v) is 12.5. The molecule has 0 atom stereocenters. The molecule has 0 amide bonds. The molecule has 0 N–H and O–H groups in total. The second-order valence-electron chi connectivity index (χ2n) is 16.5. The number of fused-ring (bicyclic) bond motifs is 5. The predicted octanol–water partition coefficient (Wildman–Crippen LogP) is 13.6. The highest BCUT2D eigenvalue weighted by atomic mass is 15.3. The molecule has 9 heteroatoms. The van der Waals surface area contributed by atoms with Crippen molar-refractivity contribution in [1.29, 1.82) is 0 Å². The van der Waals surface area contributed by atoms with E-state index in [1.165, 1.54) is 0 Å². The molecule has 0 saturated carbocycles. The van der Waals surface area contributed by atoms with Gasteiger partial charge < -0.3 is 0 Å². The molecule has 0 radical (unpaired) electrons. The summed E-state index contributed by atoms with van der Waals surface area (Å²) in [4.78, 5) is 38.4. The topological polar surface area (TPSA) is 98.4 Å². The SMILES string of the molecule is C1=CC(c2nc(-c3ccccc3)nc(N3c4cc5c(cc4-c4cccc6cccc3c46)c3cc(-c4ccccn4)ccc3n5-c3nc(-c4ccccc4)nc(-c4ccccc4)n3)n2)=CCC1. The van der Waals surface area contributed by atoms with Gasteiger partial charge in [0.05, 0.1) is 28.1 Å². The van der Waals surface area contributed by atoms with Gasteiger partial charge >= 0.3 is 0 Å². The Balaban J connectivity index is 1.14. The van der Waals surface area contributed by atoms with Gasteiger partial charge in [-0.2, -0.15) is 19.9 Å². The van der Waals surface area contributed by atoms with Gasteiger partial charge in [-0.25, -0.2) is 9.97 Å². The lowest BCUT2D eigenvalue weighted by Crippen LogP contribution is -2.19. The lowest BCUT2D eigenvalue weighted by atomic mass is 9.90. The fourth-order valence-electron chi connectivity index (χ4n) is 9.43. The summed E-state index contributed by atoms with van der Waals surface area (Å²) in [5, 5.41) is 4.34. The highest BCUT2D eigenvalue weighted by molar-refractivity contribution is 6.19. The zero-order chi connectivity index (χ0) is 43.6. The van der Waals surface area contributed by atoms with Crippen LogP contribution in [0.3, 0.4) is 0 Å². The lowest BCUT2D eigenvalue weighted by molar-refractivity contribution is 0.953. The van der Waals surface area contributed by atoms with E-state index >= 15 is 0 Å². The summed E-state index contributed by atoms with van der Waals surface area (Å²) >= 11 is 0. The molecule has 310 valence electrons. The molecule has 1 aliphatic carbocycles. The first-order valence-electron chi connectivity index (χ1n) is 22.1. The second-order valence-corrected chi connectivity index (χ2v) is 16.5. The molecule has 11 aromatic rings. The molecule has 7 aromatic carbocycles. The number of rotatable bonds is 7. The molecule has 0 spiro atoms. The third kappa shape index (κ3) is 6.28. The Morgan fingerprint density at radius 3 is 1.73 bits per heavy atom. The molecule has 2 aliphatic rings. The van der Waals surface area contributed by atoms with Crippen LogP contribution < -0.4 is 4.90 Å². The average Bonchev–Trinajstić information content (AvgIpc) is 3.72. The summed E-state index contributed by atoms with van der Waals surface area (Å²) in [5.41, 5.74) is 11.5. The van der Waals surface area contributed by atoms with Gasteiger partial charge in [0.25, 0.3) is 0 Å². The van der Waals surface area contributed by atoms with Crippen molar-refractivity contribution in [3.8, 4) is 62.5 Å². The Morgan fingerprint density at radius 1 is 0.424 bits per heavy atom. The fraction of sp³-hybridized carbons (Fsp3) is 0.0351. The first-order valence-corrected chi connectivity index (χ1v) is 22.1. The van der Waals surface area contributed by atoms with Crippen LogP contribution in [0.25, 0.3) is 101 Å². The van der Waals surface area contributed by atoms with Crippen molar-refractivity contribution in [3.05, 3.63) is 206 Å². The van der Waals surface area contributed by atoms with E-state index in [0.29, 0.717) is 35.2 Å². The molecular weight excluding hydrogens is 811 g/mol. The van der Waals surface area contributed by atoms with E-state index in [2.05, 4.69) is 107 Å². The van der Waals surface area contributed by atoms with Crippen molar-refractivity contribution in [2.45, 2.75) is 12.8 Å². The minimum atomic E-state index is 0.503. The van der Waals surface area contributed by atoms with E-state index < -0.39 is 0 Å². The van der Waals surface area contributed by atoms with Gasteiger partial charge in [0.15, 0.2) is 23.3 Å². The third-order valence-electron chi connectivity index (χ3n) is 12.5. The molecule has 1 aliphatic heterocycles. The van der Waals surface area contributed by atoms with Gasteiger partial charge in [-0.15, -0.1) is 0 Å². The number of hydrogen-bond acceptors (Lipinski definition) is 8. The number of benzene rings is 7. The van der Waals surface area contributed by atoms with Crippen LogP contribution in [0.1, 0.15) is 18.7 Å². The first-order chi connectivity index (χ1) is 32.7. The van der Waals surface area contributed by atoms with Crippen molar-refractivity contribution in [3.63, 3.8) is 0 Å². The number of aromatic nitrogens is 8. The molecule has 9 nitrogen and oxygen atoms in total. The number of pyridine rings is 1. The summed E-state index contributed by atoms with van der Waals surface area (Å²) in [6, 6.07) is 60.5. The normalized spacial score (nSPS) is 13.0. The Bertz CT molecular complexity index is 3690. The summed E-state index contributed by atoms with van der Waals surface area (Å²) in [6.45, 7) is 0. The van der Waals surface area contributed by atoms with E-state index in [-0.39, 0.29) is 0 Å². The Morgan fingerprint density at radius 2 is 1.06 bits per heavy atom. The molecule has 5 heterocycles.